The molecule has 0 radical (unpaired) electrons. The minimum atomic E-state index is 0.438. The standard InChI is InChI=1S/C30H38N6O2/c1-34-14-5-8-23(34)19-38-30-32-25-18-35(26-9-3-6-20-7-4-10-27(37-2)28(20)26)15-13-24(25)29(33-30)36-16-21-11-12-22(17-36)31-21/h3-4,6-7,9-10,21-23,31H,5,8,11-19H2,1-2H3/t21?,22?,23-/m0/s1. The van der Waals surface area contributed by atoms with Crippen LogP contribution in [0.5, 0.6) is 11.8 Å². The number of rotatable bonds is 6. The molecule has 0 spiro atoms. The Morgan fingerprint density at radius 3 is 2.55 bits per heavy atom. The molecule has 7 rings (SSSR count). The molecule has 0 aliphatic carbocycles. The minimum Gasteiger partial charge on any atom is -0.496 e. The van der Waals surface area contributed by atoms with Crippen LogP contribution in [0.3, 0.4) is 0 Å². The molecule has 5 heterocycles. The third kappa shape index (κ3) is 4.33. The van der Waals surface area contributed by atoms with Gasteiger partial charge in [0, 0.05) is 54.4 Å². The van der Waals surface area contributed by atoms with Gasteiger partial charge in [0.1, 0.15) is 18.2 Å². The van der Waals surface area contributed by atoms with Crippen LogP contribution in [0.25, 0.3) is 10.8 Å². The molecule has 3 saturated heterocycles. The van der Waals surface area contributed by atoms with E-state index in [2.05, 4.69) is 63.5 Å². The van der Waals surface area contributed by atoms with Crippen LogP contribution in [0.15, 0.2) is 36.4 Å². The molecule has 0 saturated carbocycles. The summed E-state index contributed by atoms with van der Waals surface area (Å²) in [5.74, 6) is 2.01. The molecule has 2 bridgehead atoms. The van der Waals surface area contributed by atoms with Crippen molar-refractivity contribution in [3.05, 3.63) is 47.7 Å². The molecule has 4 aliphatic heterocycles. The summed E-state index contributed by atoms with van der Waals surface area (Å²) in [6.45, 7) is 5.46. The van der Waals surface area contributed by atoms with Gasteiger partial charge in [0.2, 0.25) is 0 Å². The Hall–Kier alpha value is -3.10. The van der Waals surface area contributed by atoms with Crippen LogP contribution in [0.2, 0.25) is 0 Å². The van der Waals surface area contributed by atoms with Gasteiger partial charge in [-0.05, 0) is 63.2 Å². The number of aromatic nitrogens is 2. The predicted octanol–water partition coefficient (Wildman–Crippen LogP) is 3.61. The Morgan fingerprint density at radius 1 is 0.974 bits per heavy atom. The van der Waals surface area contributed by atoms with Crippen LogP contribution >= 0.6 is 0 Å². The van der Waals surface area contributed by atoms with Gasteiger partial charge < -0.3 is 29.5 Å². The number of ether oxygens (including phenoxy) is 2. The number of likely N-dealkylation sites (N-methyl/N-ethyl adjacent to an activating group) is 1. The number of hydrogen-bond acceptors (Lipinski definition) is 8. The largest absolute Gasteiger partial charge is 0.496 e. The summed E-state index contributed by atoms with van der Waals surface area (Å²) in [7, 11) is 3.94. The second-order valence-corrected chi connectivity index (χ2v) is 11.4. The summed E-state index contributed by atoms with van der Waals surface area (Å²) in [5.41, 5.74) is 3.58. The average Bonchev–Trinajstić information content (AvgIpc) is 3.53. The van der Waals surface area contributed by atoms with Gasteiger partial charge in [-0.1, -0.05) is 24.3 Å². The Labute approximate surface area is 224 Å². The van der Waals surface area contributed by atoms with Gasteiger partial charge in [-0.25, -0.2) is 0 Å². The lowest BCUT2D eigenvalue weighted by Gasteiger charge is -2.37. The van der Waals surface area contributed by atoms with Crippen LogP contribution in [-0.2, 0) is 13.0 Å². The molecule has 0 amide bonds. The molecule has 8 heteroatoms. The lowest BCUT2D eigenvalue weighted by molar-refractivity contribution is 0.187. The van der Waals surface area contributed by atoms with E-state index in [1.165, 1.54) is 42.3 Å². The van der Waals surface area contributed by atoms with Crippen molar-refractivity contribution in [3.8, 4) is 11.8 Å². The van der Waals surface area contributed by atoms with Crippen LogP contribution in [0, 0.1) is 0 Å². The van der Waals surface area contributed by atoms with E-state index in [1.54, 1.807) is 7.11 Å². The number of anilines is 2. The van der Waals surface area contributed by atoms with Gasteiger partial charge in [-0.3, -0.25) is 0 Å². The van der Waals surface area contributed by atoms with E-state index in [0.717, 1.165) is 61.8 Å². The Balaban J connectivity index is 1.23. The molecule has 3 atom stereocenters. The molecule has 2 aromatic carbocycles. The number of likely N-dealkylation sites (tertiary alicyclic amines) is 1. The van der Waals surface area contributed by atoms with Gasteiger partial charge in [0.15, 0.2) is 0 Å². The van der Waals surface area contributed by atoms with E-state index >= 15 is 0 Å². The number of methoxy groups -OCH3 is 1. The minimum absolute atomic E-state index is 0.438. The van der Waals surface area contributed by atoms with Crippen molar-refractivity contribution in [2.45, 2.75) is 56.8 Å². The molecule has 2 unspecified atom stereocenters. The molecule has 3 fully saturated rings. The fraction of sp³-hybridized carbons (Fsp3) is 0.533. The third-order valence-corrected chi connectivity index (χ3v) is 9.02. The number of hydrogen-bond donors (Lipinski definition) is 1. The SMILES string of the molecule is COc1cccc2cccc(N3CCc4c(nc(OC[C@@H]5CCCN5C)nc4N4CC5CCC(C4)N5)C3)c12. The molecule has 200 valence electrons. The highest BCUT2D eigenvalue weighted by Crippen LogP contribution is 2.38. The van der Waals surface area contributed by atoms with Crippen molar-refractivity contribution in [2.24, 2.45) is 0 Å². The summed E-state index contributed by atoms with van der Waals surface area (Å²) in [5, 5.41) is 6.12. The molecule has 4 aliphatic rings. The monoisotopic (exact) mass is 514 g/mol. The summed E-state index contributed by atoms with van der Waals surface area (Å²) in [6, 6.07) is 14.8. The molecule has 3 aromatic rings. The lowest BCUT2D eigenvalue weighted by atomic mass is 10.0. The van der Waals surface area contributed by atoms with Crippen molar-refractivity contribution in [1.29, 1.82) is 0 Å². The highest BCUT2D eigenvalue weighted by Gasteiger charge is 2.35. The van der Waals surface area contributed by atoms with Gasteiger partial charge in [0.05, 0.1) is 19.3 Å². The van der Waals surface area contributed by atoms with E-state index in [4.69, 9.17) is 19.4 Å². The molecule has 8 nitrogen and oxygen atoms in total. The van der Waals surface area contributed by atoms with Crippen molar-refractivity contribution < 1.29 is 9.47 Å². The first-order valence-corrected chi connectivity index (χ1v) is 14.2. The van der Waals surface area contributed by atoms with Crippen LogP contribution in [-0.4, -0.2) is 79.9 Å². The van der Waals surface area contributed by atoms with Gasteiger partial charge in [0.25, 0.3) is 0 Å². The maximum absolute atomic E-state index is 6.33. The number of nitrogens with zero attached hydrogens (tertiary/aromatic N) is 5. The summed E-state index contributed by atoms with van der Waals surface area (Å²) in [4.78, 5) is 17.5. The third-order valence-electron chi connectivity index (χ3n) is 9.02. The Kier molecular flexibility index (Phi) is 6.24. The molecular formula is C30H38N6O2. The highest BCUT2D eigenvalue weighted by atomic mass is 16.5. The highest BCUT2D eigenvalue weighted by molar-refractivity contribution is 5.99. The van der Waals surface area contributed by atoms with Crippen LogP contribution < -0.4 is 24.6 Å². The second-order valence-electron chi connectivity index (χ2n) is 11.4. The fourth-order valence-corrected chi connectivity index (χ4v) is 6.97. The predicted molar refractivity (Wildman–Crippen MR) is 151 cm³/mol. The summed E-state index contributed by atoms with van der Waals surface area (Å²) < 4.78 is 12.1. The Morgan fingerprint density at radius 2 is 1.79 bits per heavy atom. The van der Waals surface area contributed by atoms with E-state index in [-0.39, 0.29) is 0 Å². The number of benzene rings is 2. The van der Waals surface area contributed by atoms with Gasteiger partial charge in [-0.2, -0.15) is 9.97 Å². The topological polar surface area (TPSA) is 66.0 Å². The molecule has 1 N–H and O–H groups in total. The quantitative estimate of drug-likeness (QED) is 0.535. The molecular weight excluding hydrogens is 476 g/mol. The maximum Gasteiger partial charge on any atom is 0.318 e. The van der Waals surface area contributed by atoms with Crippen molar-refractivity contribution in [2.75, 3.05) is 56.7 Å². The van der Waals surface area contributed by atoms with Gasteiger partial charge >= 0.3 is 6.01 Å². The number of piperazine rings is 1. The first kappa shape index (κ1) is 24.0. The van der Waals surface area contributed by atoms with E-state index in [9.17, 15) is 0 Å². The zero-order valence-corrected chi connectivity index (χ0v) is 22.5. The molecule has 38 heavy (non-hydrogen) atoms. The fourth-order valence-electron chi connectivity index (χ4n) is 6.97. The van der Waals surface area contributed by atoms with Crippen LogP contribution in [0.4, 0.5) is 11.5 Å². The summed E-state index contributed by atoms with van der Waals surface area (Å²) in [6.07, 6.45) is 5.83. The van der Waals surface area contributed by atoms with E-state index < -0.39 is 0 Å². The summed E-state index contributed by atoms with van der Waals surface area (Å²) >= 11 is 0. The lowest BCUT2D eigenvalue weighted by Crippen LogP contribution is -2.52. The van der Waals surface area contributed by atoms with Gasteiger partial charge in [-0.15, -0.1) is 0 Å². The molecule has 1 aromatic heterocycles. The zero-order valence-electron chi connectivity index (χ0n) is 22.5. The van der Waals surface area contributed by atoms with Crippen molar-refractivity contribution in [1.82, 2.24) is 20.2 Å². The second kappa shape index (κ2) is 9.89. The number of nitrogens with one attached hydrogen (secondary N) is 1. The normalized spacial score (nSPS) is 25.2. The maximum atomic E-state index is 6.33. The van der Waals surface area contributed by atoms with Crippen LogP contribution in [0.1, 0.15) is 36.9 Å². The van der Waals surface area contributed by atoms with E-state index in [0.29, 0.717) is 30.7 Å². The van der Waals surface area contributed by atoms with E-state index in [1.807, 2.05) is 0 Å². The smallest absolute Gasteiger partial charge is 0.318 e. The first-order valence-electron chi connectivity index (χ1n) is 14.2. The number of fused-ring (bicyclic) bond motifs is 4. The first-order chi connectivity index (χ1) is 18.7. The zero-order chi connectivity index (χ0) is 25.6. The Bertz CT molecular complexity index is 1310. The van der Waals surface area contributed by atoms with Crippen molar-refractivity contribution in [3.63, 3.8) is 0 Å². The van der Waals surface area contributed by atoms with Crippen molar-refractivity contribution >= 4 is 22.3 Å². The average molecular weight is 515 g/mol.